The van der Waals surface area contributed by atoms with Crippen LogP contribution in [0.15, 0.2) is 42.5 Å². The molecule has 0 radical (unpaired) electrons. The van der Waals surface area contributed by atoms with Crippen LogP contribution in [0.25, 0.3) is 0 Å². The Morgan fingerprint density at radius 1 is 1.21 bits per heavy atom. The Morgan fingerprint density at radius 2 is 1.86 bits per heavy atom. The molecule has 156 valence electrons. The molecule has 0 aliphatic carbocycles. The minimum Gasteiger partial charge on any atom is -0.398 e. The second-order valence-corrected chi connectivity index (χ2v) is 7.16. The highest BCUT2D eigenvalue weighted by Crippen LogP contribution is 2.24. The lowest BCUT2D eigenvalue weighted by Gasteiger charge is -2.24. The van der Waals surface area contributed by atoms with E-state index in [1.807, 2.05) is 26.0 Å². The summed E-state index contributed by atoms with van der Waals surface area (Å²) in [6, 6.07) is 11.5. The standard InChI is InChI=1S/C20H22ClN3O3.C2H6/c1-12-16(3-2-4-17(12)22)20(27)24-11-15(25)9-18(24)19(26)23-10-13-5-7-14(21)8-6-13;1-2/h2-8,15,18,25H,9-11,22H2,1H3,(H,23,26);1-2H3/t15-,18?;/m1./s1. The number of nitrogens with two attached hydrogens (primary N) is 1. The zero-order chi connectivity index (χ0) is 21.6. The third kappa shape index (κ3) is 5.49. The number of anilines is 1. The monoisotopic (exact) mass is 417 g/mol. The summed E-state index contributed by atoms with van der Waals surface area (Å²) in [4.78, 5) is 27.0. The second-order valence-electron chi connectivity index (χ2n) is 6.73. The molecule has 7 heteroatoms. The molecule has 2 amide bonds. The Bertz CT molecular complexity index is 855. The molecule has 1 aliphatic rings. The van der Waals surface area contributed by atoms with Crippen molar-refractivity contribution < 1.29 is 14.7 Å². The van der Waals surface area contributed by atoms with E-state index >= 15 is 0 Å². The molecular weight excluding hydrogens is 390 g/mol. The van der Waals surface area contributed by atoms with Crippen molar-refractivity contribution in [3.05, 3.63) is 64.2 Å². The van der Waals surface area contributed by atoms with Gasteiger partial charge in [0.25, 0.3) is 5.91 Å². The number of hydrogen-bond donors (Lipinski definition) is 3. The number of nitrogens with one attached hydrogen (secondary N) is 1. The highest BCUT2D eigenvalue weighted by molar-refractivity contribution is 6.30. The quantitative estimate of drug-likeness (QED) is 0.666. The van der Waals surface area contributed by atoms with Gasteiger partial charge in [-0.3, -0.25) is 9.59 Å². The van der Waals surface area contributed by atoms with Gasteiger partial charge in [0.05, 0.1) is 6.10 Å². The van der Waals surface area contributed by atoms with Gasteiger partial charge in [0.1, 0.15) is 6.04 Å². The van der Waals surface area contributed by atoms with E-state index in [4.69, 9.17) is 17.3 Å². The maximum atomic E-state index is 13.0. The first-order chi connectivity index (χ1) is 13.9. The molecule has 2 aromatic carbocycles. The Labute approximate surface area is 176 Å². The largest absolute Gasteiger partial charge is 0.398 e. The average molecular weight is 418 g/mol. The first kappa shape index (κ1) is 22.7. The van der Waals surface area contributed by atoms with Crippen LogP contribution >= 0.6 is 11.6 Å². The number of likely N-dealkylation sites (tertiary alicyclic amines) is 1. The van der Waals surface area contributed by atoms with E-state index in [9.17, 15) is 14.7 Å². The summed E-state index contributed by atoms with van der Waals surface area (Å²) in [6.45, 7) is 6.21. The number of halogens is 1. The van der Waals surface area contributed by atoms with Crippen molar-refractivity contribution in [2.24, 2.45) is 0 Å². The predicted octanol–water partition coefficient (Wildman–Crippen LogP) is 3.15. The SMILES string of the molecule is CC.Cc1c(N)cccc1C(=O)N1C[C@H](O)CC1C(=O)NCc1ccc(Cl)cc1. The summed E-state index contributed by atoms with van der Waals surface area (Å²) in [7, 11) is 0. The zero-order valence-electron chi connectivity index (χ0n) is 17.0. The number of amides is 2. The third-order valence-corrected chi connectivity index (χ3v) is 5.08. The lowest BCUT2D eigenvalue weighted by Crippen LogP contribution is -2.46. The number of nitrogen functional groups attached to an aromatic ring is 1. The molecule has 0 spiro atoms. The third-order valence-electron chi connectivity index (χ3n) is 4.83. The van der Waals surface area contributed by atoms with E-state index in [-0.39, 0.29) is 24.8 Å². The normalized spacial score (nSPS) is 18.0. The number of carbonyl (C=O) groups is 2. The highest BCUT2D eigenvalue weighted by atomic mass is 35.5. The van der Waals surface area contributed by atoms with Gasteiger partial charge in [0.15, 0.2) is 0 Å². The van der Waals surface area contributed by atoms with Gasteiger partial charge in [-0.1, -0.05) is 43.6 Å². The summed E-state index contributed by atoms with van der Waals surface area (Å²) in [5, 5.41) is 13.5. The number of β-amino-alcohol motifs (C(OH)–C–C–N with tert-alkyl or cyclic N) is 1. The number of carbonyl (C=O) groups excluding carboxylic acids is 2. The Morgan fingerprint density at radius 3 is 2.52 bits per heavy atom. The van der Waals surface area contributed by atoms with E-state index in [2.05, 4.69) is 5.32 Å². The summed E-state index contributed by atoms with van der Waals surface area (Å²) in [6.07, 6.45) is -0.527. The van der Waals surface area contributed by atoms with Crippen LogP contribution in [0.2, 0.25) is 5.02 Å². The molecule has 1 fully saturated rings. The number of benzene rings is 2. The summed E-state index contributed by atoms with van der Waals surface area (Å²) in [5.74, 6) is -0.598. The van der Waals surface area contributed by atoms with Gasteiger partial charge in [-0.15, -0.1) is 0 Å². The van der Waals surface area contributed by atoms with Crippen LogP contribution in [0.5, 0.6) is 0 Å². The molecule has 0 aromatic heterocycles. The molecule has 6 nitrogen and oxygen atoms in total. The van der Waals surface area contributed by atoms with Crippen molar-refractivity contribution in [3.8, 4) is 0 Å². The summed E-state index contributed by atoms with van der Waals surface area (Å²) >= 11 is 5.86. The van der Waals surface area contributed by atoms with Gasteiger partial charge in [0.2, 0.25) is 5.91 Å². The van der Waals surface area contributed by atoms with Gasteiger partial charge < -0.3 is 21.1 Å². The molecule has 2 aromatic rings. The molecule has 1 aliphatic heterocycles. The van der Waals surface area contributed by atoms with E-state index < -0.39 is 12.1 Å². The maximum absolute atomic E-state index is 13.0. The molecule has 4 N–H and O–H groups in total. The Hall–Kier alpha value is -2.57. The van der Waals surface area contributed by atoms with Crippen molar-refractivity contribution in [2.75, 3.05) is 12.3 Å². The van der Waals surface area contributed by atoms with Gasteiger partial charge in [-0.25, -0.2) is 0 Å². The van der Waals surface area contributed by atoms with E-state index in [1.165, 1.54) is 4.90 Å². The van der Waals surface area contributed by atoms with Crippen molar-refractivity contribution in [1.82, 2.24) is 10.2 Å². The minimum absolute atomic E-state index is 0.117. The molecule has 3 rings (SSSR count). The lowest BCUT2D eigenvalue weighted by atomic mass is 10.1. The fourth-order valence-corrected chi connectivity index (χ4v) is 3.36. The molecule has 1 unspecified atom stereocenters. The molecule has 0 saturated carbocycles. The minimum atomic E-state index is -0.735. The molecule has 2 atom stereocenters. The molecule has 29 heavy (non-hydrogen) atoms. The molecule has 1 heterocycles. The van der Waals surface area contributed by atoms with Crippen LogP contribution in [-0.2, 0) is 11.3 Å². The van der Waals surface area contributed by atoms with Crippen molar-refractivity contribution in [2.45, 2.75) is 45.9 Å². The number of rotatable bonds is 4. The van der Waals surface area contributed by atoms with E-state index in [0.29, 0.717) is 28.4 Å². The second kappa shape index (κ2) is 10.3. The predicted molar refractivity (Wildman–Crippen MR) is 116 cm³/mol. The van der Waals surface area contributed by atoms with Crippen LogP contribution in [0.4, 0.5) is 5.69 Å². The van der Waals surface area contributed by atoms with Crippen molar-refractivity contribution >= 4 is 29.1 Å². The van der Waals surface area contributed by atoms with Crippen molar-refractivity contribution in [1.29, 1.82) is 0 Å². The molecular formula is C22H28ClN3O3. The van der Waals surface area contributed by atoms with Crippen molar-refractivity contribution in [3.63, 3.8) is 0 Å². The molecule has 0 bridgehead atoms. The average Bonchev–Trinajstić information content (AvgIpc) is 3.12. The van der Waals surface area contributed by atoms with Crippen LogP contribution < -0.4 is 11.1 Å². The number of hydrogen-bond acceptors (Lipinski definition) is 4. The fourth-order valence-electron chi connectivity index (χ4n) is 3.24. The van der Waals surface area contributed by atoms with E-state index in [0.717, 1.165) is 5.56 Å². The topological polar surface area (TPSA) is 95.7 Å². The number of nitrogens with zero attached hydrogens (tertiary/aromatic N) is 1. The molecule has 1 saturated heterocycles. The highest BCUT2D eigenvalue weighted by Gasteiger charge is 2.39. The van der Waals surface area contributed by atoms with E-state index in [1.54, 1.807) is 37.3 Å². The Balaban J connectivity index is 0.00000145. The lowest BCUT2D eigenvalue weighted by molar-refractivity contribution is -0.125. The van der Waals surface area contributed by atoms with Crippen LogP contribution in [0.1, 0.15) is 41.8 Å². The first-order valence-corrected chi connectivity index (χ1v) is 10.1. The van der Waals surface area contributed by atoms with Crippen LogP contribution in [-0.4, -0.2) is 40.5 Å². The first-order valence-electron chi connectivity index (χ1n) is 9.73. The van der Waals surface area contributed by atoms with Crippen LogP contribution in [0, 0.1) is 6.92 Å². The number of aliphatic hydroxyl groups is 1. The maximum Gasteiger partial charge on any atom is 0.254 e. The van der Waals surface area contributed by atoms with Gasteiger partial charge in [0, 0.05) is 35.8 Å². The van der Waals surface area contributed by atoms with Gasteiger partial charge in [-0.2, -0.15) is 0 Å². The number of aliphatic hydroxyl groups excluding tert-OH is 1. The van der Waals surface area contributed by atoms with Gasteiger partial charge in [-0.05, 0) is 42.3 Å². The van der Waals surface area contributed by atoms with Gasteiger partial charge >= 0.3 is 0 Å². The van der Waals surface area contributed by atoms with Crippen LogP contribution in [0.3, 0.4) is 0 Å². The zero-order valence-corrected chi connectivity index (χ0v) is 17.7. The summed E-state index contributed by atoms with van der Waals surface area (Å²) in [5.41, 5.74) is 8.42. The Kier molecular flexibility index (Phi) is 8.05. The fraction of sp³-hybridized carbons (Fsp3) is 0.364. The summed E-state index contributed by atoms with van der Waals surface area (Å²) < 4.78 is 0. The smallest absolute Gasteiger partial charge is 0.254 e.